The summed E-state index contributed by atoms with van der Waals surface area (Å²) in [5.74, 6) is -0.353. The molecule has 0 bridgehead atoms. The van der Waals surface area contributed by atoms with E-state index in [4.69, 9.17) is 11.6 Å². The Hall–Kier alpha value is -2.51. The minimum absolute atomic E-state index is 0.0236. The number of rotatable bonds is 3. The highest BCUT2D eigenvalue weighted by atomic mass is 35.5. The molecular weight excluding hydrogens is 401 g/mol. The fourth-order valence-electron chi connectivity index (χ4n) is 3.28. The molecule has 0 fully saturated rings. The number of nitrogens with zero attached hydrogens (tertiary/aromatic N) is 2. The summed E-state index contributed by atoms with van der Waals surface area (Å²) in [7, 11) is -1.07. The number of anilines is 1. The largest absolute Gasteiger partial charge is 0.306 e. The first-order valence-electron chi connectivity index (χ1n) is 8.64. The van der Waals surface area contributed by atoms with E-state index in [-0.39, 0.29) is 10.6 Å². The van der Waals surface area contributed by atoms with Crippen LogP contribution in [-0.4, -0.2) is 19.9 Å². The number of benzene rings is 2. The molecule has 1 aromatic heterocycles. The Morgan fingerprint density at radius 1 is 1.21 bits per heavy atom. The van der Waals surface area contributed by atoms with Crippen LogP contribution in [0.25, 0.3) is 5.69 Å². The summed E-state index contributed by atoms with van der Waals surface area (Å²) < 4.78 is 27.8. The molecular formula is C20H17ClFN3O2S. The summed E-state index contributed by atoms with van der Waals surface area (Å²) in [6.45, 7) is 3.96. The van der Waals surface area contributed by atoms with E-state index in [9.17, 15) is 13.4 Å². The van der Waals surface area contributed by atoms with Crippen molar-refractivity contribution in [2.45, 2.75) is 25.4 Å². The van der Waals surface area contributed by atoms with Gasteiger partial charge in [-0.1, -0.05) is 29.8 Å². The lowest BCUT2D eigenvalue weighted by molar-refractivity contribution is 0.102. The van der Waals surface area contributed by atoms with Crippen LogP contribution in [0.15, 0.2) is 36.4 Å². The van der Waals surface area contributed by atoms with Gasteiger partial charge in [-0.25, -0.2) is 9.07 Å². The number of carbonyl (C=O) groups is 1. The Morgan fingerprint density at radius 3 is 2.71 bits per heavy atom. The average molecular weight is 418 g/mol. The van der Waals surface area contributed by atoms with Gasteiger partial charge < -0.3 is 5.32 Å². The van der Waals surface area contributed by atoms with Crippen molar-refractivity contribution in [3.63, 3.8) is 0 Å². The van der Waals surface area contributed by atoms with Crippen LogP contribution >= 0.6 is 11.6 Å². The van der Waals surface area contributed by atoms with Gasteiger partial charge >= 0.3 is 0 Å². The maximum atomic E-state index is 14.2. The Morgan fingerprint density at radius 2 is 1.96 bits per heavy atom. The number of hydrogen-bond acceptors (Lipinski definition) is 3. The van der Waals surface area contributed by atoms with Gasteiger partial charge in [0, 0.05) is 16.4 Å². The second-order valence-corrected chi connectivity index (χ2v) is 8.55. The van der Waals surface area contributed by atoms with Crippen LogP contribution in [0, 0.1) is 19.7 Å². The smallest absolute Gasteiger partial charge is 0.261 e. The lowest BCUT2D eigenvalue weighted by Crippen LogP contribution is -2.18. The topological polar surface area (TPSA) is 64.0 Å². The molecule has 1 aliphatic rings. The standard InChI is InChI=1S/C20H17ClFN3O2S/c1-11-5-3-8-17(12(11)2)25-19(13-9-28(27)10-16(13)24-25)23-20(26)18-14(21)6-4-7-15(18)22/h3-8H,9-10H2,1-2H3,(H,23,26). The first kappa shape index (κ1) is 18.8. The SMILES string of the molecule is Cc1cccc(-n2nc3c(c2NC(=O)c2c(F)cccc2Cl)CS(=O)C3)c1C. The number of hydrogen-bond donors (Lipinski definition) is 1. The molecule has 8 heteroatoms. The quantitative estimate of drug-likeness (QED) is 0.691. The monoisotopic (exact) mass is 417 g/mol. The summed E-state index contributed by atoms with van der Waals surface area (Å²) in [4.78, 5) is 12.8. The zero-order valence-electron chi connectivity index (χ0n) is 15.3. The molecule has 5 nitrogen and oxygen atoms in total. The Kier molecular flexibility index (Phi) is 4.81. The minimum atomic E-state index is -1.07. The van der Waals surface area contributed by atoms with Crippen molar-refractivity contribution in [1.82, 2.24) is 9.78 Å². The molecule has 0 saturated carbocycles. The van der Waals surface area contributed by atoms with Crippen LogP contribution in [0.5, 0.6) is 0 Å². The molecule has 2 aromatic carbocycles. The van der Waals surface area contributed by atoms with E-state index < -0.39 is 22.5 Å². The van der Waals surface area contributed by atoms with E-state index >= 15 is 0 Å². The summed E-state index contributed by atoms with van der Waals surface area (Å²) >= 11 is 6.04. The van der Waals surface area contributed by atoms with Crippen molar-refractivity contribution < 1.29 is 13.4 Å². The van der Waals surface area contributed by atoms with Gasteiger partial charge in [0.25, 0.3) is 5.91 Å². The third kappa shape index (κ3) is 3.14. The molecule has 4 rings (SSSR count). The number of fused-ring (bicyclic) bond motifs is 1. The Labute approximate surface area is 169 Å². The van der Waals surface area contributed by atoms with Crippen LogP contribution in [0.4, 0.5) is 10.2 Å². The minimum Gasteiger partial charge on any atom is -0.306 e. The van der Waals surface area contributed by atoms with Gasteiger partial charge in [-0.3, -0.25) is 9.00 Å². The summed E-state index contributed by atoms with van der Waals surface area (Å²) in [6, 6.07) is 9.87. The first-order valence-corrected chi connectivity index (χ1v) is 10.5. The predicted molar refractivity (Wildman–Crippen MR) is 108 cm³/mol. The average Bonchev–Trinajstić information content (AvgIpc) is 3.14. The molecule has 3 aromatic rings. The fourth-order valence-corrected chi connectivity index (χ4v) is 4.79. The number of aryl methyl sites for hydroxylation is 1. The molecule has 1 unspecified atom stereocenters. The van der Waals surface area contributed by atoms with E-state index in [2.05, 4.69) is 10.4 Å². The van der Waals surface area contributed by atoms with Gasteiger partial charge in [-0.05, 0) is 43.2 Å². The third-order valence-corrected chi connectivity index (χ3v) is 6.42. The van der Waals surface area contributed by atoms with Crippen molar-refractivity contribution in [1.29, 1.82) is 0 Å². The molecule has 0 spiro atoms. The molecule has 2 heterocycles. The van der Waals surface area contributed by atoms with Gasteiger partial charge in [-0.15, -0.1) is 0 Å². The summed E-state index contributed by atoms with van der Waals surface area (Å²) in [5, 5.41) is 7.37. The third-order valence-electron chi connectivity index (χ3n) is 4.90. The predicted octanol–water partition coefficient (Wildman–Crippen LogP) is 4.30. The van der Waals surface area contributed by atoms with Crippen molar-refractivity contribution in [2.75, 3.05) is 5.32 Å². The molecule has 1 atom stereocenters. The first-order chi connectivity index (χ1) is 13.4. The zero-order valence-corrected chi connectivity index (χ0v) is 16.8. The summed E-state index contributed by atoms with van der Waals surface area (Å²) in [6.07, 6.45) is 0. The van der Waals surface area contributed by atoms with E-state index in [1.165, 1.54) is 18.2 Å². The molecule has 0 radical (unpaired) electrons. The number of amides is 1. The molecule has 28 heavy (non-hydrogen) atoms. The van der Waals surface area contributed by atoms with Crippen molar-refractivity contribution in [3.8, 4) is 5.69 Å². The maximum absolute atomic E-state index is 14.2. The lowest BCUT2D eigenvalue weighted by atomic mass is 10.1. The number of carbonyl (C=O) groups excluding carboxylic acids is 1. The second-order valence-electron chi connectivity index (χ2n) is 6.68. The van der Waals surface area contributed by atoms with Crippen LogP contribution in [0.1, 0.15) is 32.7 Å². The van der Waals surface area contributed by atoms with E-state index in [0.29, 0.717) is 28.6 Å². The van der Waals surface area contributed by atoms with Crippen molar-refractivity contribution in [2.24, 2.45) is 0 Å². The highest BCUT2D eigenvalue weighted by molar-refractivity contribution is 7.83. The van der Waals surface area contributed by atoms with E-state index in [1.54, 1.807) is 4.68 Å². The van der Waals surface area contributed by atoms with Crippen LogP contribution < -0.4 is 5.32 Å². The summed E-state index contributed by atoms with van der Waals surface area (Å²) in [5.41, 5.74) is 4.03. The molecule has 1 aliphatic heterocycles. The van der Waals surface area contributed by atoms with Gasteiger partial charge in [0.15, 0.2) is 0 Å². The molecule has 144 valence electrons. The number of aromatic nitrogens is 2. The number of halogens is 2. The van der Waals surface area contributed by atoms with Crippen LogP contribution in [0.3, 0.4) is 0 Å². The van der Waals surface area contributed by atoms with Crippen LogP contribution in [-0.2, 0) is 22.3 Å². The lowest BCUT2D eigenvalue weighted by Gasteiger charge is -2.14. The Bertz CT molecular complexity index is 1120. The van der Waals surface area contributed by atoms with Gasteiger partial charge in [0.05, 0.1) is 33.5 Å². The normalized spacial score (nSPS) is 15.5. The van der Waals surface area contributed by atoms with E-state index in [1.807, 2.05) is 32.0 Å². The fraction of sp³-hybridized carbons (Fsp3) is 0.200. The highest BCUT2D eigenvalue weighted by Crippen LogP contribution is 2.33. The highest BCUT2D eigenvalue weighted by Gasteiger charge is 2.29. The Balaban J connectivity index is 1.83. The molecule has 0 saturated heterocycles. The van der Waals surface area contributed by atoms with Gasteiger partial charge in [-0.2, -0.15) is 5.10 Å². The van der Waals surface area contributed by atoms with Crippen molar-refractivity contribution >= 4 is 34.1 Å². The van der Waals surface area contributed by atoms with Gasteiger partial charge in [0.1, 0.15) is 11.6 Å². The van der Waals surface area contributed by atoms with E-state index in [0.717, 1.165) is 16.8 Å². The van der Waals surface area contributed by atoms with Crippen molar-refractivity contribution in [3.05, 3.63) is 75.2 Å². The number of nitrogens with one attached hydrogen (secondary N) is 1. The molecule has 1 amide bonds. The molecule has 1 N–H and O–H groups in total. The zero-order chi connectivity index (χ0) is 20.0. The van der Waals surface area contributed by atoms with Crippen LogP contribution in [0.2, 0.25) is 5.02 Å². The molecule has 0 aliphatic carbocycles. The maximum Gasteiger partial charge on any atom is 0.261 e. The van der Waals surface area contributed by atoms with Gasteiger partial charge in [0.2, 0.25) is 0 Å². The second kappa shape index (κ2) is 7.14.